The summed E-state index contributed by atoms with van der Waals surface area (Å²) in [6.45, 7) is 5.28. The summed E-state index contributed by atoms with van der Waals surface area (Å²) in [7, 11) is 0. The van der Waals surface area contributed by atoms with Gasteiger partial charge in [-0.25, -0.2) is 0 Å². The minimum absolute atomic E-state index is 0.0280. The molecule has 1 aromatic rings. The molecular formula is C17H23NO5. The van der Waals surface area contributed by atoms with Crippen LogP contribution < -0.4 is 0 Å². The molecule has 2 atom stereocenters. The Morgan fingerprint density at radius 3 is 2.35 bits per heavy atom. The Bertz CT molecular complexity index is 553. The van der Waals surface area contributed by atoms with Crippen molar-refractivity contribution in [1.29, 1.82) is 0 Å². The zero-order valence-electron chi connectivity index (χ0n) is 13.8. The summed E-state index contributed by atoms with van der Waals surface area (Å²) >= 11 is 0. The van der Waals surface area contributed by atoms with Gasteiger partial charge in [0.05, 0.1) is 18.9 Å². The zero-order chi connectivity index (χ0) is 17.4. The lowest BCUT2D eigenvalue weighted by Gasteiger charge is -2.20. The standard InChI is InChI=1S/C17H23NO5/c1-4-23-17(20)10-9-16(18(21)22)15(11-13(3)19)14-7-5-12(2)6-8-14/h5-8,15-16H,4,9-11H2,1-3H3/t15-,16+/m0/s1. The average molecular weight is 321 g/mol. The lowest BCUT2D eigenvalue weighted by Crippen LogP contribution is -2.30. The highest BCUT2D eigenvalue weighted by atomic mass is 16.6. The van der Waals surface area contributed by atoms with E-state index in [1.54, 1.807) is 6.92 Å². The van der Waals surface area contributed by atoms with E-state index in [0.29, 0.717) is 0 Å². The van der Waals surface area contributed by atoms with Gasteiger partial charge >= 0.3 is 5.97 Å². The smallest absolute Gasteiger partial charge is 0.306 e. The summed E-state index contributed by atoms with van der Waals surface area (Å²) in [5.41, 5.74) is 1.79. The number of aryl methyl sites for hydroxylation is 1. The van der Waals surface area contributed by atoms with Crippen LogP contribution in [0.5, 0.6) is 0 Å². The predicted octanol–water partition coefficient (Wildman–Crippen LogP) is 3.05. The maximum Gasteiger partial charge on any atom is 0.306 e. The third-order valence-corrected chi connectivity index (χ3v) is 3.70. The Hall–Kier alpha value is -2.24. The fraction of sp³-hybridized carbons (Fsp3) is 0.529. The van der Waals surface area contributed by atoms with Gasteiger partial charge in [-0.2, -0.15) is 0 Å². The second-order valence-electron chi connectivity index (χ2n) is 5.62. The maximum atomic E-state index is 11.5. The van der Waals surface area contributed by atoms with Crippen molar-refractivity contribution >= 4 is 11.8 Å². The zero-order valence-corrected chi connectivity index (χ0v) is 13.8. The van der Waals surface area contributed by atoms with Gasteiger partial charge in [0.15, 0.2) is 0 Å². The number of esters is 1. The molecule has 0 aliphatic rings. The molecule has 0 saturated heterocycles. The van der Waals surface area contributed by atoms with Crippen LogP contribution in [0.2, 0.25) is 0 Å². The van der Waals surface area contributed by atoms with Crippen molar-refractivity contribution in [3.05, 3.63) is 45.5 Å². The van der Waals surface area contributed by atoms with Crippen molar-refractivity contribution in [1.82, 2.24) is 0 Å². The second kappa shape index (κ2) is 9.02. The van der Waals surface area contributed by atoms with Crippen molar-refractivity contribution < 1.29 is 19.2 Å². The van der Waals surface area contributed by atoms with Gasteiger partial charge in [-0.15, -0.1) is 0 Å². The summed E-state index contributed by atoms with van der Waals surface area (Å²) in [6, 6.07) is 6.36. The number of Topliss-reactive ketones (excluding diaryl/α,β-unsaturated/α-hetero) is 1. The number of carbonyl (C=O) groups excluding carboxylic acids is 2. The highest BCUT2D eigenvalue weighted by Crippen LogP contribution is 2.29. The van der Waals surface area contributed by atoms with Crippen molar-refractivity contribution in [2.75, 3.05) is 6.61 Å². The quantitative estimate of drug-likeness (QED) is 0.396. The van der Waals surface area contributed by atoms with Crippen LogP contribution in [0, 0.1) is 17.0 Å². The Labute approximate surface area is 136 Å². The molecule has 0 saturated carbocycles. The molecule has 0 N–H and O–H groups in total. The number of ether oxygens (including phenoxy) is 1. The van der Waals surface area contributed by atoms with Crippen molar-refractivity contribution in [2.24, 2.45) is 0 Å². The number of hydrogen-bond acceptors (Lipinski definition) is 5. The van der Waals surface area contributed by atoms with E-state index in [2.05, 4.69) is 0 Å². The molecule has 0 aliphatic carbocycles. The van der Waals surface area contributed by atoms with E-state index in [9.17, 15) is 19.7 Å². The Balaban J connectivity index is 2.98. The highest BCUT2D eigenvalue weighted by molar-refractivity contribution is 5.76. The summed E-state index contributed by atoms with van der Waals surface area (Å²) in [6.07, 6.45) is 0.106. The van der Waals surface area contributed by atoms with Crippen molar-refractivity contribution in [3.63, 3.8) is 0 Å². The number of hydrogen-bond donors (Lipinski definition) is 0. The van der Waals surface area contributed by atoms with E-state index in [1.165, 1.54) is 6.92 Å². The largest absolute Gasteiger partial charge is 0.466 e. The summed E-state index contributed by atoms with van der Waals surface area (Å²) in [5.74, 6) is -1.11. The first-order valence-electron chi connectivity index (χ1n) is 7.70. The number of ketones is 1. The van der Waals surface area contributed by atoms with Crippen LogP contribution in [0.1, 0.15) is 50.2 Å². The molecule has 0 heterocycles. The summed E-state index contributed by atoms with van der Waals surface area (Å²) in [4.78, 5) is 34.1. The monoisotopic (exact) mass is 321 g/mol. The normalized spacial score (nSPS) is 13.2. The first kappa shape index (κ1) is 18.8. The van der Waals surface area contributed by atoms with Gasteiger partial charge in [0, 0.05) is 17.8 Å². The number of benzene rings is 1. The minimum atomic E-state index is -0.994. The molecule has 126 valence electrons. The first-order valence-corrected chi connectivity index (χ1v) is 7.70. The topological polar surface area (TPSA) is 86.5 Å². The molecule has 0 radical (unpaired) electrons. The molecule has 6 heteroatoms. The van der Waals surface area contributed by atoms with E-state index in [4.69, 9.17) is 4.74 Å². The molecule has 23 heavy (non-hydrogen) atoms. The molecule has 6 nitrogen and oxygen atoms in total. The van der Waals surface area contributed by atoms with E-state index >= 15 is 0 Å². The highest BCUT2D eigenvalue weighted by Gasteiger charge is 2.34. The van der Waals surface area contributed by atoms with E-state index in [0.717, 1.165) is 11.1 Å². The Morgan fingerprint density at radius 1 is 1.26 bits per heavy atom. The van der Waals surface area contributed by atoms with Crippen molar-refractivity contribution in [3.8, 4) is 0 Å². The maximum absolute atomic E-state index is 11.5. The van der Waals surface area contributed by atoms with Crippen LogP contribution in [-0.4, -0.2) is 29.3 Å². The van der Waals surface area contributed by atoms with Gasteiger partial charge in [0.25, 0.3) is 0 Å². The molecule has 0 aliphatic heterocycles. The van der Waals surface area contributed by atoms with Gasteiger partial charge in [0.2, 0.25) is 6.04 Å². The average Bonchev–Trinajstić information content (AvgIpc) is 2.46. The Morgan fingerprint density at radius 2 is 1.87 bits per heavy atom. The van der Waals surface area contributed by atoms with Gasteiger partial charge in [0.1, 0.15) is 5.78 Å². The van der Waals surface area contributed by atoms with Gasteiger partial charge < -0.3 is 9.53 Å². The van der Waals surface area contributed by atoms with Crippen LogP contribution in [0.4, 0.5) is 0 Å². The second-order valence-corrected chi connectivity index (χ2v) is 5.62. The number of nitrogens with zero attached hydrogens (tertiary/aromatic N) is 1. The fourth-order valence-corrected chi connectivity index (χ4v) is 2.55. The third-order valence-electron chi connectivity index (χ3n) is 3.70. The Kier molecular flexibility index (Phi) is 7.38. The number of carbonyl (C=O) groups is 2. The van der Waals surface area contributed by atoms with Crippen LogP contribution >= 0.6 is 0 Å². The third kappa shape index (κ3) is 6.18. The van der Waals surface area contributed by atoms with Crippen LogP contribution in [0.3, 0.4) is 0 Å². The lowest BCUT2D eigenvalue weighted by molar-refractivity contribution is -0.527. The van der Waals surface area contributed by atoms with Crippen LogP contribution in [0.15, 0.2) is 24.3 Å². The molecule has 1 rings (SSSR count). The van der Waals surface area contributed by atoms with Gasteiger partial charge in [-0.1, -0.05) is 29.8 Å². The van der Waals surface area contributed by atoms with Crippen LogP contribution in [0.25, 0.3) is 0 Å². The van der Waals surface area contributed by atoms with E-state index < -0.39 is 22.9 Å². The van der Waals surface area contributed by atoms with Gasteiger partial charge in [-0.05, 0) is 26.3 Å². The molecule has 1 aromatic carbocycles. The van der Waals surface area contributed by atoms with Gasteiger partial charge in [-0.3, -0.25) is 14.9 Å². The minimum Gasteiger partial charge on any atom is -0.466 e. The molecule has 0 amide bonds. The van der Waals surface area contributed by atoms with Crippen LogP contribution in [-0.2, 0) is 14.3 Å². The van der Waals surface area contributed by atoms with E-state index in [-0.39, 0.29) is 31.7 Å². The molecule has 0 spiro atoms. The van der Waals surface area contributed by atoms with E-state index in [1.807, 2.05) is 31.2 Å². The number of nitro groups is 1. The van der Waals surface area contributed by atoms with Crippen molar-refractivity contribution in [2.45, 2.75) is 52.0 Å². The molecule has 0 aromatic heterocycles. The SMILES string of the molecule is CCOC(=O)CC[C@H]([C@@H](CC(C)=O)c1ccc(C)cc1)[N+](=O)[O-]. The first-order chi connectivity index (χ1) is 10.8. The lowest BCUT2D eigenvalue weighted by atomic mass is 9.85. The predicted molar refractivity (Wildman–Crippen MR) is 85.9 cm³/mol. The fourth-order valence-electron chi connectivity index (χ4n) is 2.55. The molecule has 0 unspecified atom stereocenters. The summed E-state index contributed by atoms with van der Waals surface area (Å²) in [5, 5.41) is 11.5. The number of rotatable bonds is 9. The molecule has 0 bridgehead atoms. The molecular weight excluding hydrogens is 298 g/mol. The molecule has 0 fully saturated rings. The summed E-state index contributed by atoms with van der Waals surface area (Å²) < 4.78 is 4.83.